The van der Waals surface area contributed by atoms with Gasteiger partial charge >= 0.3 is 0 Å². The third kappa shape index (κ3) is 1.70. The Morgan fingerprint density at radius 1 is 1.15 bits per heavy atom. The van der Waals surface area contributed by atoms with Crippen LogP contribution in [0.5, 0.6) is 11.5 Å². The molecule has 0 fully saturated rings. The van der Waals surface area contributed by atoms with Crippen molar-refractivity contribution in [3.63, 3.8) is 0 Å². The maximum absolute atomic E-state index is 10.4. The minimum absolute atomic E-state index is 0. The van der Waals surface area contributed by atoms with Gasteiger partial charge in [-0.3, -0.25) is 0 Å². The van der Waals surface area contributed by atoms with E-state index in [1.807, 2.05) is 0 Å². The first-order chi connectivity index (χ1) is 11.3. The van der Waals surface area contributed by atoms with E-state index in [2.05, 4.69) is 5.32 Å². The number of nitrogens with one attached hydrogen (secondary N) is 1. The van der Waals surface area contributed by atoms with Crippen molar-refractivity contribution in [2.75, 3.05) is 6.54 Å². The number of hydrogen-bond donors (Lipinski definition) is 3. The molecule has 2 aliphatic rings. The van der Waals surface area contributed by atoms with Crippen LogP contribution in [0.3, 0.4) is 0 Å². The average Bonchev–Trinajstić information content (AvgIpc) is 2.59. The lowest BCUT2D eigenvalue weighted by molar-refractivity contribution is 0.403. The summed E-state index contributed by atoms with van der Waals surface area (Å²) in [5.41, 5.74) is 2.22. The van der Waals surface area contributed by atoms with E-state index in [0.29, 0.717) is 41.6 Å². The van der Waals surface area contributed by atoms with Gasteiger partial charge in [0.25, 0.3) is 0 Å². The second-order valence-electron chi connectivity index (χ2n) is 4.90. The Kier molecular flexibility index (Phi) is 2.00. The van der Waals surface area contributed by atoms with Crippen LogP contribution < -0.4 is 5.32 Å². The Labute approximate surface area is 130 Å². The zero-order valence-corrected chi connectivity index (χ0v) is 11.3. The lowest BCUT2D eigenvalue weighted by atomic mass is 9.77. The van der Waals surface area contributed by atoms with Gasteiger partial charge < -0.3 is 15.5 Å². The molecule has 2 aromatic rings. The maximum Gasteiger partial charge on any atom is 0.165 e. The number of aromatic hydroxyl groups is 2. The Hall–Kier alpha value is -1.71. The van der Waals surface area contributed by atoms with E-state index in [-0.39, 0.29) is 48.2 Å². The van der Waals surface area contributed by atoms with Gasteiger partial charge in [-0.2, -0.15) is 0 Å². The SMILES string of the molecule is Cl.[2H]c1c([2H])c2c3c(c1[2H])-c1c(O)c(O)c([2H])c([2H])c1C[C@H]3NCC2. The number of hydrogen-bond acceptors (Lipinski definition) is 3. The van der Waals surface area contributed by atoms with Crippen LogP contribution >= 0.6 is 12.4 Å². The fraction of sp³-hybridized carbons (Fsp3) is 0.250. The highest BCUT2D eigenvalue weighted by molar-refractivity contribution is 5.85. The molecule has 20 heavy (non-hydrogen) atoms. The monoisotopic (exact) mass is 294 g/mol. The molecule has 1 aliphatic heterocycles. The molecule has 1 heterocycles. The summed E-state index contributed by atoms with van der Waals surface area (Å²) in [4.78, 5) is 0. The van der Waals surface area contributed by atoms with Crippen molar-refractivity contribution in [3.05, 3.63) is 46.9 Å². The van der Waals surface area contributed by atoms with Gasteiger partial charge in [0.15, 0.2) is 11.5 Å². The third-order valence-electron chi connectivity index (χ3n) is 3.86. The summed E-state index contributed by atoms with van der Waals surface area (Å²) in [7, 11) is 0. The topological polar surface area (TPSA) is 52.5 Å². The first kappa shape index (κ1) is 8.55. The van der Waals surface area contributed by atoms with Gasteiger partial charge in [0, 0.05) is 11.6 Å². The van der Waals surface area contributed by atoms with Crippen molar-refractivity contribution < 1.29 is 17.1 Å². The van der Waals surface area contributed by atoms with Gasteiger partial charge in [0.05, 0.1) is 6.85 Å². The van der Waals surface area contributed by atoms with Crippen molar-refractivity contribution in [1.82, 2.24) is 5.32 Å². The molecular weight excluding hydrogens is 274 g/mol. The summed E-state index contributed by atoms with van der Waals surface area (Å²) in [6, 6.07) is -1.24. The largest absolute Gasteiger partial charge is 0.504 e. The van der Waals surface area contributed by atoms with Gasteiger partial charge in [0.2, 0.25) is 0 Å². The predicted molar refractivity (Wildman–Crippen MR) is 80.6 cm³/mol. The molecule has 3 N–H and O–H groups in total. The van der Waals surface area contributed by atoms with Crippen LogP contribution in [0.15, 0.2) is 30.2 Å². The van der Waals surface area contributed by atoms with Crippen molar-refractivity contribution in [1.29, 1.82) is 0 Å². The molecule has 4 rings (SSSR count). The van der Waals surface area contributed by atoms with E-state index in [0.717, 1.165) is 0 Å². The number of halogens is 1. The molecule has 1 aliphatic carbocycles. The molecule has 2 aromatic carbocycles. The molecular formula is C16H16ClNO2. The number of phenolic OH excluding ortho intramolecular Hbond substituents is 2. The predicted octanol–water partition coefficient (Wildman–Crippen LogP) is 2.93. The van der Waals surface area contributed by atoms with Gasteiger partial charge in [-0.15, -0.1) is 12.4 Å². The molecule has 0 aromatic heterocycles. The summed E-state index contributed by atoms with van der Waals surface area (Å²) in [6.07, 6.45) is 0.889. The van der Waals surface area contributed by atoms with Crippen LogP contribution in [0.1, 0.15) is 29.6 Å². The van der Waals surface area contributed by atoms with Crippen molar-refractivity contribution in [3.8, 4) is 22.6 Å². The fourth-order valence-electron chi connectivity index (χ4n) is 3.03. The third-order valence-corrected chi connectivity index (χ3v) is 3.86. The van der Waals surface area contributed by atoms with Crippen molar-refractivity contribution in [2.45, 2.75) is 18.9 Å². The van der Waals surface area contributed by atoms with E-state index in [1.165, 1.54) is 0 Å². The van der Waals surface area contributed by atoms with Crippen LogP contribution in [0, 0.1) is 0 Å². The Balaban J connectivity index is 0.00000182. The minimum Gasteiger partial charge on any atom is -0.504 e. The second-order valence-corrected chi connectivity index (χ2v) is 4.90. The van der Waals surface area contributed by atoms with Gasteiger partial charge in [-0.05, 0) is 47.7 Å². The van der Waals surface area contributed by atoms with E-state index in [9.17, 15) is 10.2 Å². The highest BCUT2D eigenvalue weighted by Gasteiger charge is 2.31. The molecule has 0 saturated heterocycles. The number of rotatable bonds is 0. The van der Waals surface area contributed by atoms with Crippen LogP contribution in [0.2, 0.25) is 0 Å². The Morgan fingerprint density at radius 2 is 2.00 bits per heavy atom. The van der Waals surface area contributed by atoms with Gasteiger partial charge in [0.1, 0.15) is 0 Å². The zero-order valence-electron chi connectivity index (χ0n) is 15.5. The fourth-order valence-corrected chi connectivity index (χ4v) is 3.03. The molecule has 0 amide bonds. The summed E-state index contributed by atoms with van der Waals surface area (Å²) in [5.74, 6) is -1.21. The first-order valence-electron chi connectivity index (χ1n) is 8.74. The molecule has 0 spiro atoms. The summed E-state index contributed by atoms with van der Waals surface area (Å²) in [5, 5.41) is 23.7. The average molecular weight is 295 g/mol. The van der Waals surface area contributed by atoms with Crippen molar-refractivity contribution in [2.24, 2.45) is 0 Å². The Bertz CT molecular complexity index is 919. The van der Waals surface area contributed by atoms with Crippen LogP contribution in [-0.2, 0) is 12.8 Å². The van der Waals surface area contributed by atoms with Crippen LogP contribution in [-0.4, -0.2) is 16.8 Å². The van der Waals surface area contributed by atoms with E-state index in [1.54, 1.807) is 0 Å². The molecule has 3 nitrogen and oxygen atoms in total. The molecule has 0 saturated carbocycles. The summed E-state index contributed by atoms with van der Waals surface area (Å²) in [6.45, 7) is 0.625. The molecule has 1 atom stereocenters. The first-order valence-corrected chi connectivity index (χ1v) is 6.24. The van der Waals surface area contributed by atoms with Crippen LogP contribution in [0.25, 0.3) is 11.1 Å². The lowest BCUT2D eigenvalue weighted by Crippen LogP contribution is -2.33. The highest BCUT2D eigenvalue weighted by Crippen LogP contribution is 2.48. The number of phenols is 2. The number of benzene rings is 2. The second kappa shape index (κ2) is 4.69. The lowest BCUT2D eigenvalue weighted by Gasteiger charge is -2.34. The van der Waals surface area contributed by atoms with E-state index < -0.39 is 17.5 Å². The van der Waals surface area contributed by atoms with Crippen LogP contribution in [0.4, 0.5) is 0 Å². The normalized spacial score (nSPS) is 22.2. The van der Waals surface area contributed by atoms with E-state index in [4.69, 9.17) is 6.85 Å². The standard InChI is InChI=1S/C16H15NO2.ClH/c18-13-5-4-10-8-12-14-9(6-7-17-12)2-1-3-11(14)15(10)16(13)19;/h1-5,12,17-19H,6-8H2;1H/t12-;/m1./s1/i1D,2D,3D,4D,5D;. The summed E-state index contributed by atoms with van der Waals surface area (Å²) < 4.78 is 40.4. The molecule has 4 heteroatoms. The molecule has 104 valence electrons. The molecule has 0 radical (unpaired) electrons. The highest BCUT2D eigenvalue weighted by atomic mass is 35.5. The maximum atomic E-state index is 10.4. The number of fused-ring (bicyclic) bond motifs is 2. The van der Waals surface area contributed by atoms with Crippen molar-refractivity contribution >= 4 is 12.4 Å². The molecule has 0 bridgehead atoms. The summed E-state index contributed by atoms with van der Waals surface area (Å²) >= 11 is 0. The van der Waals surface area contributed by atoms with E-state index >= 15 is 0 Å². The minimum atomic E-state index is -0.685. The smallest absolute Gasteiger partial charge is 0.165 e. The quantitative estimate of drug-likeness (QED) is 0.655. The zero-order chi connectivity index (χ0) is 17.3. The van der Waals surface area contributed by atoms with Gasteiger partial charge in [-0.25, -0.2) is 0 Å². The Morgan fingerprint density at radius 3 is 2.85 bits per heavy atom. The van der Waals surface area contributed by atoms with Gasteiger partial charge in [-0.1, -0.05) is 24.2 Å². The molecule has 0 unspecified atom stereocenters.